The highest BCUT2D eigenvalue weighted by Gasteiger charge is 2.25. The molecule has 2 rings (SSSR count). The van der Waals surface area contributed by atoms with Crippen molar-refractivity contribution in [2.75, 3.05) is 23.9 Å². The summed E-state index contributed by atoms with van der Waals surface area (Å²) in [5.41, 5.74) is 1.66. The predicted octanol–water partition coefficient (Wildman–Crippen LogP) is 1.81. The van der Waals surface area contributed by atoms with E-state index in [0.29, 0.717) is 17.1 Å². The Balaban J connectivity index is 2.27. The van der Waals surface area contributed by atoms with Crippen molar-refractivity contribution in [3.8, 4) is 0 Å². The van der Waals surface area contributed by atoms with Crippen LogP contribution < -0.4 is 15.5 Å². The molecule has 0 aromatic heterocycles. The van der Waals surface area contributed by atoms with Crippen LogP contribution in [0.5, 0.6) is 0 Å². The van der Waals surface area contributed by atoms with Gasteiger partial charge in [-0.2, -0.15) is 0 Å². The lowest BCUT2D eigenvalue weighted by molar-refractivity contribution is -0.139. The fraction of sp³-hybridized carbons (Fsp3) is 0.389. The Bertz CT molecular complexity index is 699. The zero-order valence-corrected chi connectivity index (χ0v) is 14.7. The third kappa shape index (κ3) is 4.82. The largest absolute Gasteiger partial charge is 0.469 e. The number of rotatable bonds is 6. The molecule has 0 spiro atoms. The maximum absolute atomic E-state index is 12.6. The molecule has 7 nitrogen and oxygen atoms in total. The summed E-state index contributed by atoms with van der Waals surface area (Å²) < 4.78 is 4.66. The molecule has 1 aliphatic rings. The molecule has 1 aromatic rings. The van der Waals surface area contributed by atoms with Crippen LogP contribution in [0, 0.1) is 0 Å². The normalized spacial score (nSPS) is 14.6. The number of carbonyl (C=O) groups excluding carboxylic acids is 3. The maximum Gasteiger partial charge on any atom is 0.311 e. The van der Waals surface area contributed by atoms with Gasteiger partial charge in [0.05, 0.1) is 24.9 Å². The number of fused-ring (bicyclic) bond motifs is 1. The summed E-state index contributed by atoms with van der Waals surface area (Å²) in [5.74, 6) is -1.05. The van der Waals surface area contributed by atoms with Crippen molar-refractivity contribution in [2.24, 2.45) is 0 Å². The molecule has 1 atom stereocenters. The van der Waals surface area contributed by atoms with E-state index in [4.69, 9.17) is 0 Å². The van der Waals surface area contributed by atoms with Crippen LogP contribution in [0.4, 0.5) is 11.4 Å². The molecule has 1 heterocycles. The van der Waals surface area contributed by atoms with Gasteiger partial charge in [-0.05, 0) is 25.5 Å². The van der Waals surface area contributed by atoms with Crippen LogP contribution in [0.15, 0.2) is 36.0 Å². The summed E-state index contributed by atoms with van der Waals surface area (Å²) in [6, 6.07) is 7.19. The molecule has 1 unspecified atom stereocenters. The molecule has 0 aliphatic carbocycles. The number of methoxy groups -OCH3 is 1. The summed E-state index contributed by atoms with van der Waals surface area (Å²) >= 11 is 0. The molecule has 25 heavy (non-hydrogen) atoms. The number of amides is 2. The molecule has 0 fully saturated rings. The summed E-state index contributed by atoms with van der Waals surface area (Å²) in [7, 11) is 1.29. The highest BCUT2D eigenvalue weighted by atomic mass is 16.5. The first-order chi connectivity index (χ1) is 11.9. The molecule has 2 amide bonds. The van der Waals surface area contributed by atoms with Crippen LogP contribution in [0.2, 0.25) is 0 Å². The van der Waals surface area contributed by atoms with Gasteiger partial charge in [-0.25, -0.2) is 0 Å². The lowest BCUT2D eigenvalue weighted by Gasteiger charge is -2.22. The number of anilines is 2. The molecule has 134 valence electrons. The topological polar surface area (TPSA) is 87.7 Å². The van der Waals surface area contributed by atoms with Gasteiger partial charge in [-0.15, -0.1) is 0 Å². The number of nitrogens with one attached hydrogen (secondary N) is 2. The van der Waals surface area contributed by atoms with E-state index in [1.54, 1.807) is 18.2 Å². The maximum atomic E-state index is 12.6. The van der Waals surface area contributed by atoms with Gasteiger partial charge in [0.15, 0.2) is 0 Å². The molecular formula is C18H23N3O4. The van der Waals surface area contributed by atoms with Gasteiger partial charge in [0.1, 0.15) is 6.54 Å². The van der Waals surface area contributed by atoms with Crippen molar-refractivity contribution < 1.29 is 19.1 Å². The molecule has 0 bridgehead atoms. The monoisotopic (exact) mass is 345 g/mol. The molecule has 0 saturated heterocycles. The fourth-order valence-corrected chi connectivity index (χ4v) is 2.42. The second-order valence-electron chi connectivity index (χ2n) is 5.87. The third-order valence-corrected chi connectivity index (χ3v) is 3.94. The van der Waals surface area contributed by atoms with E-state index in [1.165, 1.54) is 18.1 Å². The Hall–Kier alpha value is -2.83. The SMILES string of the molecule is CCC(C)NC(=O)CN1C(=O)C=C(CC(=O)OC)Nc2ccccc21. The van der Waals surface area contributed by atoms with Crippen LogP contribution in [0.1, 0.15) is 26.7 Å². The van der Waals surface area contributed by atoms with Gasteiger partial charge in [0, 0.05) is 17.8 Å². The van der Waals surface area contributed by atoms with E-state index in [-0.39, 0.29) is 30.8 Å². The number of carbonyl (C=O) groups is 3. The Morgan fingerprint density at radius 2 is 2.04 bits per heavy atom. The van der Waals surface area contributed by atoms with Gasteiger partial charge in [-0.1, -0.05) is 19.1 Å². The summed E-state index contributed by atoms with van der Waals surface area (Å²) in [5, 5.41) is 5.93. The van der Waals surface area contributed by atoms with Crippen LogP contribution in [-0.4, -0.2) is 37.5 Å². The van der Waals surface area contributed by atoms with Crippen LogP contribution >= 0.6 is 0 Å². The Morgan fingerprint density at radius 1 is 1.32 bits per heavy atom. The summed E-state index contributed by atoms with van der Waals surface area (Å²) in [4.78, 5) is 37.8. The van der Waals surface area contributed by atoms with Crippen LogP contribution in [0.25, 0.3) is 0 Å². The minimum absolute atomic E-state index is 0.0355. The molecule has 2 N–H and O–H groups in total. The van der Waals surface area contributed by atoms with Crippen molar-refractivity contribution in [2.45, 2.75) is 32.7 Å². The minimum Gasteiger partial charge on any atom is -0.469 e. The van der Waals surface area contributed by atoms with E-state index >= 15 is 0 Å². The van der Waals surface area contributed by atoms with Crippen molar-refractivity contribution in [3.63, 3.8) is 0 Å². The zero-order chi connectivity index (χ0) is 18.4. The number of para-hydroxylation sites is 2. The zero-order valence-electron chi connectivity index (χ0n) is 14.7. The molecular weight excluding hydrogens is 322 g/mol. The van der Waals surface area contributed by atoms with E-state index in [1.807, 2.05) is 19.9 Å². The molecule has 1 aromatic carbocycles. The van der Waals surface area contributed by atoms with Gasteiger partial charge in [-0.3, -0.25) is 19.3 Å². The summed E-state index contributed by atoms with van der Waals surface area (Å²) in [6.07, 6.45) is 2.08. The van der Waals surface area contributed by atoms with Gasteiger partial charge >= 0.3 is 5.97 Å². The number of ether oxygens (including phenoxy) is 1. The average molecular weight is 345 g/mol. The van der Waals surface area contributed by atoms with Crippen LogP contribution in [0.3, 0.4) is 0 Å². The minimum atomic E-state index is -0.452. The third-order valence-electron chi connectivity index (χ3n) is 3.94. The van der Waals surface area contributed by atoms with E-state index in [0.717, 1.165) is 6.42 Å². The summed E-state index contributed by atoms with van der Waals surface area (Å²) in [6.45, 7) is 3.79. The standard InChI is InChI=1S/C18H23N3O4/c1-4-12(2)19-16(22)11-21-15-8-6-5-7-14(15)20-13(9-17(21)23)10-18(24)25-3/h5-9,12,20H,4,10-11H2,1-3H3,(H,19,22). The smallest absolute Gasteiger partial charge is 0.311 e. The highest BCUT2D eigenvalue weighted by molar-refractivity contribution is 6.09. The number of nitrogens with zero attached hydrogens (tertiary/aromatic N) is 1. The second-order valence-corrected chi connectivity index (χ2v) is 5.87. The van der Waals surface area contributed by atoms with E-state index < -0.39 is 5.97 Å². The first kappa shape index (κ1) is 18.5. The van der Waals surface area contributed by atoms with E-state index in [2.05, 4.69) is 15.4 Å². The number of hydrogen-bond acceptors (Lipinski definition) is 5. The quantitative estimate of drug-likeness (QED) is 0.768. The molecule has 0 radical (unpaired) electrons. The number of hydrogen-bond donors (Lipinski definition) is 2. The molecule has 7 heteroatoms. The number of benzene rings is 1. The first-order valence-electron chi connectivity index (χ1n) is 8.18. The lowest BCUT2D eigenvalue weighted by Crippen LogP contribution is -2.43. The highest BCUT2D eigenvalue weighted by Crippen LogP contribution is 2.30. The van der Waals surface area contributed by atoms with Crippen molar-refractivity contribution in [1.82, 2.24) is 5.32 Å². The molecule has 1 aliphatic heterocycles. The molecule has 0 saturated carbocycles. The lowest BCUT2D eigenvalue weighted by atomic mass is 10.2. The van der Waals surface area contributed by atoms with E-state index in [9.17, 15) is 14.4 Å². The Kier molecular flexibility index (Phi) is 6.16. The van der Waals surface area contributed by atoms with Crippen molar-refractivity contribution in [1.29, 1.82) is 0 Å². The Morgan fingerprint density at radius 3 is 2.72 bits per heavy atom. The second kappa shape index (κ2) is 8.32. The first-order valence-corrected chi connectivity index (χ1v) is 8.18. The van der Waals surface area contributed by atoms with Gasteiger partial charge in [0.2, 0.25) is 5.91 Å². The van der Waals surface area contributed by atoms with Crippen molar-refractivity contribution in [3.05, 3.63) is 36.0 Å². The van der Waals surface area contributed by atoms with Gasteiger partial charge < -0.3 is 15.4 Å². The van der Waals surface area contributed by atoms with Gasteiger partial charge in [0.25, 0.3) is 5.91 Å². The fourth-order valence-electron chi connectivity index (χ4n) is 2.42. The van der Waals surface area contributed by atoms with Crippen LogP contribution in [-0.2, 0) is 19.1 Å². The number of esters is 1. The predicted molar refractivity (Wildman–Crippen MR) is 95.0 cm³/mol. The average Bonchev–Trinajstić information content (AvgIpc) is 2.71. The Labute approximate surface area is 147 Å². The van der Waals surface area contributed by atoms with Crippen molar-refractivity contribution >= 4 is 29.2 Å².